The van der Waals surface area contributed by atoms with Gasteiger partial charge in [-0.3, -0.25) is 4.98 Å². The highest BCUT2D eigenvalue weighted by Gasteiger charge is 2.07. The molecule has 3 heterocycles. The summed E-state index contributed by atoms with van der Waals surface area (Å²) in [4.78, 5) is 8.95. The molecule has 0 radical (unpaired) electrons. The Bertz CT molecular complexity index is 963. The average Bonchev–Trinajstić information content (AvgIpc) is 3.30. The number of hydrogen-bond donors (Lipinski definition) is 1. The molecule has 25 heavy (non-hydrogen) atoms. The van der Waals surface area contributed by atoms with E-state index in [1.807, 2.05) is 47.8 Å². The Morgan fingerprint density at radius 2 is 1.96 bits per heavy atom. The van der Waals surface area contributed by atoms with Gasteiger partial charge in [-0.25, -0.2) is 4.98 Å². The number of nitrogens with zero attached hydrogens (tertiary/aromatic N) is 4. The van der Waals surface area contributed by atoms with Crippen LogP contribution in [0.2, 0.25) is 0 Å². The summed E-state index contributed by atoms with van der Waals surface area (Å²) >= 11 is 1.60. The van der Waals surface area contributed by atoms with E-state index in [4.69, 9.17) is 4.42 Å². The van der Waals surface area contributed by atoms with Gasteiger partial charge in [0.2, 0.25) is 11.8 Å². The van der Waals surface area contributed by atoms with Gasteiger partial charge >= 0.3 is 0 Å². The zero-order valence-electron chi connectivity index (χ0n) is 13.5. The van der Waals surface area contributed by atoms with Crippen LogP contribution >= 0.6 is 11.3 Å². The number of anilines is 1. The number of aryl methyl sites for hydroxylation is 1. The number of hydrogen-bond acceptors (Lipinski definition) is 7. The van der Waals surface area contributed by atoms with Crippen molar-refractivity contribution in [2.75, 3.05) is 5.32 Å². The molecule has 0 amide bonds. The molecule has 3 aromatic heterocycles. The molecule has 124 valence electrons. The Morgan fingerprint density at radius 3 is 2.68 bits per heavy atom. The second kappa shape index (κ2) is 6.82. The molecule has 0 aliphatic rings. The van der Waals surface area contributed by atoms with Gasteiger partial charge < -0.3 is 9.73 Å². The quantitative estimate of drug-likeness (QED) is 0.582. The van der Waals surface area contributed by atoms with E-state index in [0.29, 0.717) is 18.3 Å². The molecule has 4 rings (SSSR count). The van der Waals surface area contributed by atoms with Gasteiger partial charge in [-0.05, 0) is 36.4 Å². The molecular formula is C18H15N5OS. The Morgan fingerprint density at radius 1 is 1.08 bits per heavy atom. The molecule has 7 heteroatoms. The first-order chi connectivity index (χ1) is 12.3. The summed E-state index contributed by atoms with van der Waals surface area (Å²) in [6.45, 7) is 2.43. The maximum absolute atomic E-state index is 5.43. The van der Waals surface area contributed by atoms with E-state index >= 15 is 0 Å². The number of benzene rings is 1. The van der Waals surface area contributed by atoms with E-state index in [0.717, 1.165) is 27.6 Å². The maximum Gasteiger partial charge on any atom is 0.247 e. The Labute approximate surface area is 148 Å². The summed E-state index contributed by atoms with van der Waals surface area (Å²) in [5, 5.41) is 14.2. The maximum atomic E-state index is 5.43. The summed E-state index contributed by atoms with van der Waals surface area (Å²) in [5.41, 5.74) is 3.80. The molecule has 0 unspecified atom stereocenters. The van der Waals surface area contributed by atoms with E-state index in [1.165, 1.54) is 0 Å². The molecule has 6 nitrogen and oxygen atoms in total. The van der Waals surface area contributed by atoms with Gasteiger partial charge in [0, 0.05) is 29.8 Å². The van der Waals surface area contributed by atoms with Crippen molar-refractivity contribution in [1.82, 2.24) is 20.2 Å². The molecule has 0 spiro atoms. The fourth-order valence-electron chi connectivity index (χ4n) is 2.33. The van der Waals surface area contributed by atoms with Gasteiger partial charge in [0.1, 0.15) is 5.01 Å². The normalized spacial score (nSPS) is 10.8. The topological polar surface area (TPSA) is 76.7 Å². The minimum Gasteiger partial charge on any atom is -0.421 e. The second-order valence-corrected chi connectivity index (χ2v) is 6.27. The van der Waals surface area contributed by atoms with Gasteiger partial charge in [-0.1, -0.05) is 6.07 Å². The van der Waals surface area contributed by atoms with Crippen LogP contribution in [0.15, 0.2) is 58.5 Å². The highest BCUT2D eigenvalue weighted by molar-refractivity contribution is 7.13. The van der Waals surface area contributed by atoms with Crippen molar-refractivity contribution >= 4 is 17.0 Å². The van der Waals surface area contributed by atoms with Gasteiger partial charge in [-0.15, -0.1) is 21.5 Å². The summed E-state index contributed by atoms with van der Waals surface area (Å²) < 4.78 is 5.43. The summed E-state index contributed by atoms with van der Waals surface area (Å²) in [5.74, 6) is 1.09. The number of nitrogens with one attached hydrogen (secondary N) is 1. The fourth-order valence-corrected chi connectivity index (χ4v) is 3.13. The van der Waals surface area contributed by atoms with Crippen molar-refractivity contribution in [3.8, 4) is 22.2 Å². The molecule has 0 atom stereocenters. The smallest absolute Gasteiger partial charge is 0.247 e. The van der Waals surface area contributed by atoms with Crippen LogP contribution < -0.4 is 5.32 Å². The summed E-state index contributed by atoms with van der Waals surface area (Å²) in [6.07, 6.45) is 1.78. The predicted molar refractivity (Wildman–Crippen MR) is 97.1 cm³/mol. The third kappa shape index (κ3) is 3.56. The minimum atomic E-state index is 0.531. The molecule has 0 saturated carbocycles. The van der Waals surface area contributed by atoms with Crippen molar-refractivity contribution in [2.45, 2.75) is 13.5 Å². The largest absolute Gasteiger partial charge is 0.421 e. The average molecular weight is 349 g/mol. The number of pyridine rings is 1. The molecule has 0 aliphatic carbocycles. The van der Waals surface area contributed by atoms with Crippen LogP contribution in [0.3, 0.4) is 0 Å². The van der Waals surface area contributed by atoms with Gasteiger partial charge in [0.05, 0.1) is 17.9 Å². The minimum absolute atomic E-state index is 0.531. The summed E-state index contributed by atoms with van der Waals surface area (Å²) in [7, 11) is 0. The fraction of sp³-hybridized carbons (Fsp3) is 0.111. The van der Waals surface area contributed by atoms with Crippen molar-refractivity contribution in [3.05, 3.63) is 65.6 Å². The highest BCUT2D eigenvalue weighted by atomic mass is 32.1. The van der Waals surface area contributed by atoms with E-state index < -0.39 is 0 Å². The van der Waals surface area contributed by atoms with Crippen LogP contribution in [0.5, 0.6) is 0 Å². The first-order valence-corrected chi connectivity index (χ1v) is 8.66. The number of rotatable bonds is 5. The zero-order chi connectivity index (χ0) is 17.1. The molecule has 0 fully saturated rings. The molecule has 0 aliphatic heterocycles. The van der Waals surface area contributed by atoms with E-state index in [-0.39, 0.29) is 0 Å². The highest BCUT2D eigenvalue weighted by Crippen LogP contribution is 2.23. The van der Waals surface area contributed by atoms with Gasteiger partial charge in [0.15, 0.2) is 0 Å². The Balaban J connectivity index is 1.41. The lowest BCUT2D eigenvalue weighted by atomic mass is 10.2. The molecule has 0 saturated heterocycles. The molecule has 1 aromatic carbocycles. The van der Waals surface area contributed by atoms with Crippen molar-refractivity contribution in [3.63, 3.8) is 0 Å². The van der Waals surface area contributed by atoms with Crippen molar-refractivity contribution in [2.24, 2.45) is 0 Å². The number of aromatic nitrogens is 4. The third-order valence-corrected chi connectivity index (χ3v) is 4.48. The number of thiazole rings is 1. The van der Waals surface area contributed by atoms with Gasteiger partial charge in [0.25, 0.3) is 0 Å². The molecular weight excluding hydrogens is 334 g/mol. The summed E-state index contributed by atoms with van der Waals surface area (Å²) in [6, 6.07) is 13.7. The van der Waals surface area contributed by atoms with Crippen LogP contribution in [-0.2, 0) is 6.54 Å². The zero-order valence-corrected chi connectivity index (χ0v) is 14.3. The Hall–Kier alpha value is -3.06. The van der Waals surface area contributed by atoms with Crippen molar-refractivity contribution in [1.29, 1.82) is 0 Å². The van der Waals surface area contributed by atoms with E-state index in [9.17, 15) is 0 Å². The molecule has 4 aromatic rings. The van der Waals surface area contributed by atoms with Crippen molar-refractivity contribution < 1.29 is 4.42 Å². The van der Waals surface area contributed by atoms with E-state index in [2.05, 4.69) is 25.5 Å². The van der Waals surface area contributed by atoms with Crippen LogP contribution in [0.25, 0.3) is 22.2 Å². The Kier molecular flexibility index (Phi) is 4.22. The lowest BCUT2D eigenvalue weighted by molar-refractivity contribution is 0.533. The first kappa shape index (κ1) is 15.5. The van der Waals surface area contributed by atoms with Crippen LogP contribution in [0, 0.1) is 6.92 Å². The van der Waals surface area contributed by atoms with E-state index in [1.54, 1.807) is 24.5 Å². The predicted octanol–water partition coefficient (Wildman–Crippen LogP) is 4.18. The van der Waals surface area contributed by atoms with Gasteiger partial charge in [-0.2, -0.15) is 0 Å². The van der Waals surface area contributed by atoms with Crippen LogP contribution in [0.4, 0.5) is 5.69 Å². The SMILES string of the molecule is Cc1nnc(-c2ccc(NCc3csc(-c4ccccn4)n3)cc2)o1. The standard InChI is InChI=1S/C18H15N5OS/c1-12-22-23-17(24-12)13-5-7-14(8-6-13)20-10-15-11-25-18(21-15)16-4-2-3-9-19-16/h2-9,11,20H,10H2,1H3. The van der Waals surface area contributed by atoms with Crippen LogP contribution in [0.1, 0.15) is 11.6 Å². The van der Waals surface area contributed by atoms with Crippen LogP contribution in [-0.4, -0.2) is 20.2 Å². The lowest BCUT2D eigenvalue weighted by Gasteiger charge is -2.04. The molecule has 0 bridgehead atoms. The third-order valence-electron chi connectivity index (χ3n) is 3.57. The molecule has 1 N–H and O–H groups in total. The second-order valence-electron chi connectivity index (χ2n) is 5.42. The monoisotopic (exact) mass is 349 g/mol. The lowest BCUT2D eigenvalue weighted by Crippen LogP contribution is -1.99. The first-order valence-electron chi connectivity index (χ1n) is 7.78.